The number of rotatable bonds is 46. The first-order valence-electron chi connectivity index (χ1n) is 29.1. The maximum absolute atomic E-state index is 11.1. The van der Waals surface area contributed by atoms with Crippen molar-refractivity contribution in [1.82, 2.24) is 24.5 Å². The van der Waals surface area contributed by atoms with E-state index in [1.165, 1.54) is 173 Å². The van der Waals surface area contributed by atoms with E-state index in [9.17, 15) is 19.2 Å². The Labute approximate surface area is 430 Å². The third kappa shape index (κ3) is 66.2. The summed E-state index contributed by atoms with van der Waals surface area (Å²) in [7, 11) is 5.55. The molecule has 0 aromatic heterocycles. The highest BCUT2D eigenvalue weighted by molar-refractivity contribution is 5.52. The minimum atomic E-state index is 0.551. The Morgan fingerprint density at radius 1 is 0.377 bits per heavy atom. The number of aldehydes is 3. The highest BCUT2D eigenvalue weighted by atomic mass is 16.5. The first-order valence-corrected chi connectivity index (χ1v) is 29.1. The molecule has 0 N–H and O–H groups in total. The number of nitrogens with zero attached hydrogens (tertiary/aromatic N) is 5. The van der Waals surface area contributed by atoms with Crippen LogP contribution in [0.3, 0.4) is 0 Å². The van der Waals surface area contributed by atoms with Gasteiger partial charge in [-0.3, -0.25) is 9.69 Å². The van der Waals surface area contributed by atoms with Crippen molar-refractivity contribution in [2.24, 2.45) is 0 Å². The first kappa shape index (κ1) is 73.8. The number of hydrogen-bond acceptors (Lipinski definition) is 10. The van der Waals surface area contributed by atoms with Crippen LogP contribution in [0.5, 0.6) is 0 Å². The lowest BCUT2D eigenvalue weighted by Crippen LogP contribution is -2.43. The van der Waals surface area contributed by atoms with E-state index in [1.807, 2.05) is 0 Å². The maximum Gasteiger partial charge on any atom is 0.209 e. The average molecular weight is 985 g/mol. The molecule has 0 atom stereocenters. The average Bonchev–Trinajstić information content (AvgIpc) is 3.37. The number of likely N-dealkylation sites (N-methyl/N-ethyl adjacent to an activating group) is 1. The highest BCUT2D eigenvalue weighted by Gasteiger charge is 2.11. The third-order valence-corrected chi connectivity index (χ3v) is 12.7. The normalized spacial score (nSPS) is 12.3. The van der Waals surface area contributed by atoms with E-state index < -0.39 is 0 Å². The van der Waals surface area contributed by atoms with Gasteiger partial charge in [0.15, 0.2) is 0 Å². The van der Waals surface area contributed by atoms with E-state index in [0.29, 0.717) is 19.4 Å². The zero-order chi connectivity index (χ0) is 51.9. The molecule has 0 aromatic rings. The molecule has 0 aliphatic carbocycles. The van der Waals surface area contributed by atoms with Crippen LogP contribution in [-0.2, 0) is 28.7 Å². The molecule has 0 aromatic carbocycles. The summed E-state index contributed by atoms with van der Waals surface area (Å²) in [4.78, 5) is 53.5. The molecule has 1 saturated heterocycles. The summed E-state index contributed by atoms with van der Waals surface area (Å²) in [5.41, 5.74) is 0. The van der Waals surface area contributed by atoms with Gasteiger partial charge >= 0.3 is 0 Å². The van der Waals surface area contributed by atoms with Crippen LogP contribution in [0.15, 0.2) is 0 Å². The standard InChI is InChI=1S/C26H52N2O2.C15H31NO.C6H12N2O.C6H14O.C5H12O/c1-3-5-7-9-11-13-15-19-27(21-17-18-25-29)22-23-28(24-26-30)20-16-14-12-10-8-6-4-2;1-3-5-6-7-8-9-10-13-16(4-2)14-11-12-15-17;1-7-2-4-8(6-9)5-3-7;1-3-4-5-6-7-2;1-3-4-5-6-2/h25-26H,3-24H2,1-2H3;15H,3-14H2,1-2H3;6H,2-5H2,1H3;3-6H2,1-2H3;3-5H2,1-2H3. The summed E-state index contributed by atoms with van der Waals surface area (Å²) < 4.78 is 9.63. The molecule has 0 spiro atoms. The van der Waals surface area contributed by atoms with Crippen molar-refractivity contribution in [3.8, 4) is 0 Å². The molecule has 69 heavy (non-hydrogen) atoms. The highest BCUT2D eigenvalue weighted by Crippen LogP contribution is 2.11. The number of hydrogen-bond donors (Lipinski definition) is 0. The number of amides is 1. The number of unbranched alkanes of at least 4 members (excludes halogenated alkanes) is 23. The summed E-state index contributed by atoms with van der Waals surface area (Å²) in [5.74, 6) is 0. The SMILES string of the molecule is CCCCCCCCCN(CC)CCCC=O.CCCCCCCCCN(CC=O)CCN(CCCC=O)CCCCCCCCC.CCCCCOC.CCCCOC.CN1CCN(C=O)CC1. The minimum Gasteiger partial charge on any atom is -0.385 e. The van der Waals surface area contributed by atoms with Crippen molar-refractivity contribution in [2.45, 2.75) is 234 Å². The van der Waals surface area contributed by atoms with Crippen LogP contribution in [0.25, 0.3) is 0 Å². The zero-order valence-corrected chi connectivity index (χ0v) is 47.8. The maximum atomic E-state index is 11.1. The molecule has 11 heteroatoms. The fourth-order valence-electron chi connectivity index (χ4n) is 7.83. The molecule has 0 bridgehead atoms. The lowest BCUT2D eigenvalue weighted by molar-refractivity contribution is -0.119. The van der Waals surface area contributed by atoms with Gasteiger partial charge in [0.25, 0.3) is 0 Å². The van der Waals surface area contributed by atoms with Gasteiger partial charge < -0.3 is 43.5 Å². The Balaban J connectivity index is -0.000000448. The smallest absolute Gasteiger partial charge is 0.209 e. The van der Waals surface area contributed by atoms with Crippen LogP contribution in [0, 0.1) is 0 Å². The summed E-state index contributed by atoms with van der Waals surface area (Å²) in [6, 6.07) is 0. The minimum absolute atomic E-state index is 0.551. The fourth-order valence-corrected chi connectivity index (χ4v) is 7.83. The third-order valence-electron chi connectivity index (χ3n) is 12.7. The van der Waals surface area contributed by atoms with Gasteiger partial charge in [-0.1, -0.05) is 176 Å². The van der Waals surface area contributed by atoms with E-state index in [2.05, 4.69) is 68.2 Å². The summed E-state index contributed by atoms with van der Waals surface area (Å²) in [6.07, 6.45) is 41.7. The molecule has 414 valence electrons. The second kappa shape index (κ2) is 68.3. The lowest BCUT2D eigenvalue weighted by atomic mass is 10.1. The number of carbonyl (C=O) groups excluding carboxylic acids is 4. The van der Waals surface area contributed by atoms with Crippen LogP contribution in [0.4, 0.5) is 0 Å². The van der Waals surface area contributed by atoms with Crippen LogP contribution in [0.2, 0.25) is 0 Å². The molecular formula is C58H121N5O6. The number of piperazine rings is 1. The molecular weight excluding hydrogens is 863 g/mol. The number of ether oxygens (including phenoxy) is 2. The first-order chi connectivity index (χ1) is 33.8. The Kier molecular flexibility index (Phi) is 73.0. The van der Waals surface area contributed by atoms with Crippen molar-refractivity contribution in [3.63, 3.8) is 0 Å². The van der Waals surface area contributed by atoms with Crippen molar-refractivity contribution in [3.05, 3.63) is 0 Å². The molecule has 0 radical (unpaired) electrons. The quantitative estimate of drug-likeness (QED) is 0.0433. The predicted octanol–water partition coefficient (Wildman–Crippen LogP) is 13.0. The zero-order valence-electron chi connectivity index (χ0n) is 47.8. The largest absolute Gasteiger partial charge is 0.385 e. The van der Waals surface area contributed by atoms with Crippen molar-refractivity contribution < 1.29 is 28.7 Å². The van der Waals surface area contributed by atoms with Gasteiger partial charge in [0.05, 0.1) is 6.54 Å². The molecule has 11 nitrogen and oxygen atoms in total. The molecule has 1 amide bonds. The summed E-state index contributed by atoms with van der Waals surface area (Å²) in [6.45, 7) is 28.1. The van der Waals surface area contributed by atoms with Crippen LogP contribution >= 0.6 is 0 Å². The molecule has 1 heterocycles. The summed E-state index contributed by atoms with van der Waals surface area (Å²) >= 11 is 0. The van der Waals surface area contributed by atoms with Crippen LogP contribution < -0.4 is 0 Å². The van der Waals surface area contributed by atoms with Crippen molar-refractivity contribution in [1.29, 1.82) is 0 Å². The van der Waals surface area contributed by atoms with Crippen molar-refractivity contribution >= 4 is 25.3 Å². The Hall–Kier alpha value is -1.76. The lowest BCUT2D eigenvalue weighted by Gasteiger charge is -2.29. The van der Waals surface area contributed by atoms with Gasteiger partial charge in [-0.05, 0) is 91.3 Å². The molecule has 1 aliphatic heterocycles. The monoisotopic (exact) mass is 984 g/mol. The molecule has 1 aliphatic rings. The van der Waals surface area contributed by atoms with Gasteiger partial charge in [0.1, 0.15) is 18.9 Å². The molecule has 1 fully saturated rings. The Morgan fingerprint density at radius 2 is 0.725 bits per heavy atom. The topological polar surface area (TPSA) is 103 Å². The second-order valence-electron chi connectivity index (χ2n) is 19.2. The number of carbonyl (C=O) groups is 4. The number of methoxy groups -OCH3 is 2. The van der Waals surface area contributed by atoms with E-state index >= 15 is 0 Å². The van der Waals surface area contributed by atoms with Crippen molar-refractivity contribution in [2.75, 3.05) is 120 Å². The van der Waals surface area contributed by atoms with E-state index in [0.717, 1.165) is 123 Å². The predicted molar refractivity (Wildman–Crippen MR) is 299 cm³/mol. The van der Waals surface area contributed by atoms with E-state index in [-0.39, 0.29) is 0 Å². The fraction of sp³-hybridized carbons (Fsp3) is 0.931. The second-order valence-corrected chi connectivity index (χ2v) is 19.2. The van der Waals surface area contributed by atoms with Gasteiger partial charge in [-0.25, -0.2) is 0 Å². The Bertz CT molecular complexity index is 950. The molecule has 0 saturated carbocycles. The summed E-state index contributed by atoms with van der Waals surface area (Å²) in [5, 5.41) is 0. The van der Waals surface area contributed by atoms with Gasteiger partial charge in [-0.2, -0.15) is 0 Å². The van der Waals surface area contributed by atoms with E-state index in [1.54, 1.807) is 19.1 Å². The van der Waals surface area contributed by atoms with Crippen LogP contribution in [-0.4, -0.2) is 169 Å². The van der Waals surface area contributed by atoms with Crippen LogP contribution in [0.1, 0.15) is 234 Å². The molecule has 0 unspecified atom stereocenters. The van der Waals surface area contributed by atoms with Gasteiger partial charge in [0.2, 0.25) is 6.41 Å². The molecule has 1 rings (SSSR count). The van der Waals surface area contributed by atoms with Gasteiger partial charge in [0, 0.05) is 79.5 Å². The Morgan fingerprint density at radius 3 is 1.10 bits per heavy atom. The van der Waals surface area contributed by atoms with E-state index in [4.69, 9.17) is 9.47 Å². The van der Waals surface area contributed by atoms with Gasteiger partial charge in [-0.15, -0.1) is 0 Å².